The summed E-state index contributed by atoms with van der Waals surface area (Å²) in [5, 5.41) is 8.11. The van der Waals surface area contributed by atoms with Gasteiger partial charge in [0, 0.05) is 12.1 Å². The van der Waals surface area contributed by atoms with E-state index in [1.165, 1.54) is 19.3 Å². The molecule has 4 nitrogen and oxygen atoms in total. The standard InChI is InChI=1S/C16H18N2O2/c1-3-7-13(8-4-1)19-15-11-12-16(18-17-15)20-14-9-5-2-6-10-14/h1,3-4,7-8,11-12,14H,2,5-6,9-10H2. The van der Waals surface area contributed by atoms with E-state index in [0.29, 0.717) is 17.9 Å². The summed E-state index contributed by atoms with van der Waals surface area (Å²) in [7, 11) is 0. The van der Waals surface area contributed by atoms with Crippen LogP contribution in [-0.4, -0.2) is 16.3 Å². The molecular formula is C16H18N2O2. The minimum atomic E-state index is 0.291. The molecule has 1 aliphatic carbocycles. The van der Waals surface area contributed by atoms with Crippen molar-refractivity contribution < 1.29 is 9.47 Å². The predicted octanol–water partition coefficient (Wildman–Crippen LogP) is 3.98. The van der Waals surface area contributed by atoms with E-state index in [-0.39, 0.29) is 0 Å². The van der Waals surface area contributed by atoms with E-state index in [2.05, 4.69) is 10.2 Å². The highest BCUT2D eigenvalue weighted by atomic mass is 16.5. The molecule has 1 aromatic heterocycles. The highest BCUT2D eigenvalue weighted by Crippen LogP contribution is 2.23. The van der Waals surface area contributed by atoms with Gasteiger partial charge in [0.25, 0.3) is 0 Å². The average molecular weight is 270 g/mol. The Morgan fingerprint density at radius 2 is 1.50 bits per heavy atom. The van der Waals surface area contributed by atoms with Gasteiger partial charge in [-0.2, -0.15) is 0 Å². The summed E-state index contributed by atoms with van der Waals surface area (Å²) >= 11 is 0. The minimum Gasteiger partial charge on any atom is -0.473 e. The first-order valence-electron chi connectivity index (χ1n) is 7.13. The number of ether oxygens (including phenoxy) is 2. The van der Waals surface area contributed by atoms with Crippen LogP contribution < -0.4 is 9.47 Å². The summed E-state index contributed by atoms with van der Waals surface area (Å²) in [5.74, 6) is 1.81. The zero-order valence-corrected chi connectivity index (χ0v) is 11.4. The van der Waals surface area contributed by atoms with Crippen LogP contribution in [0.15, 0.2) is 42.5 Å². The second-order valence-electron chi connectivity index (χ2n) is 5.00. The lowest BCUT2D eigenvalue weighted by molar-refractivity contribution is 0.146. The van der Waals surface area contributed by atoms with Gasteiger partial charge in [-0.3, -0.25) is 0 Å². The van der Waals surface area contributed by atoms with Crippen molar-refractivity contribution in [1.29, 1.82) is 0 Å². The van der Waals surface area contributed by atoms with Crippen LogP contribution in [-0.2, 0) is 0 Å². The Morgan fingerprint density at radius 1 is 0.800 bits per heavy atom. The van der Waals surface area contributed by atoms with E-state index in [0.717, 1.165) is 18.6 Å². The molecule has 0 aliphatic heterocycles. The molecule has 1 saturated carbocycles. The van der Waals surface area contributed by atoms with Crippen LogP contribution in [0.1, 0.15) is 32.1 Å². The molecule has 1 fully saturated rings. The summed E-state index contributed by atoms with van der Waals surface area (Å²) in [6.45, 7) is 0. The van der Waals surface area contributed by atoms with E-state index in [9.17, 15) is 0 Å². The van der Waals surface area contributed by atoms with Gasteiger partial charge in [-0.1, -0.05) is 24.6 Å². The van der Waals surface area contributed by atoms with Gasteiger partial charge in [0.2, 0.25) is 11.8 Å². The predicted molar refractivity (Wildman–Crippen MR) is 76.0 cm³/mol. The molecule has 0 saturated heterocycles. The topological polar surface area (TPSA) is 44.2 Å². The summed E-state index contributed by atoms with van der Waals surface area (Å²) < 4.78 is 11.4. The molecule has 0 bridgehead atoms. The average Bonchev–Trinajstić information content (AvgIpc) is 2.51. The van der Waals surface area contributed by atoms with Crippen LogP contribution in [0.2, 0.25) is 0 Å². The minimum absolute atomic E-state index is 0.291. The Kier molecular flexibility index (Phi) is 4.11. The van der Waals surface area contributed by atoms with Crippen molar-refractivity contribution in [2.24, 2.45) is 0 Å². The molecule has 1 aromatic carbocycles. The van der Waals surface area contributed by atoms with Crippen molar-refractivity contribution >= 4 is 0 Å². The normalized spacial score (nSPS) is 15.8. The molecule has 0 unspecified atom stereocenters. The zero-order valence-electron chi connectivity index (χ0n) is 11.4. The molecule has 2 aromatic rings. The fourth-order valence-corrected chi connectivity index (χ4v) is 2.39. The Labute approximate surface area is 118 Å². The molecule has 0 radical (unpaired) electrons. The summed E-state index contributed by atoms with van der Waals surface area (Å²) in [4.78, 5) is 0. The van der Waals surface area contributed by atoms with Gasteiger partial charge >= 0.3 is 0 Å². The third-order valence-corrected chi connectivity index (χ3v) is 3.42. The van der Waals surface area contributed by atoms with Crippen molar-refractivity contribution in [2.45, 2.75) is 38.2 Å². The number of para-hydroxylation sites is 1. The van der Waals surface area contributed by atoms with Crippen LogP contribution in [0, 0.1) is 0 Å². The fourth-order valence-electron chi connectivity index (χ4n) is 2.39. The van der Waals surface area contributed by atoms with Crippen LogP contribution in [0.3, 0.4) is 0 Å². The van der Waals surface area contributed by atoms with Crippen molar-refractivity contribution in [2.75, 3.05) is 0 Å². The third kappa shape index (κ3) is 3.47. The molecule has 20 heavy (non-hydrogen) atoms. The number of benzene rings is 1. The maximum atomic E-state index is 5.83. The molecule has 104 valence electrons. The second-order valence-corrected chi connectivity index (χ2v) is 5.00. The number of hydrogen-bond acceptors (Lipinski definition) is 4. The summed E-state index contributed by atoms with van der Waals surface area (Å²) in [5.41, 5.74) is 0. The van der Waals surface area contributed by atoms with Crippen molar-refractivity contribution in [3.05, 3.63) is 42.5 Å². The molecule has 3 rings (SSSR count). The Bertz CT molecular complexity index is 522. The maximum absolute atomic E-state index is 5.83. The second kappa shape index (κ2) is 6.37. The Morgan fingerprint density at radius 3 is 2.20 bits per heavy atom. The lowest BCUT2D eigenvalue weighted by Gasteiger charge is -2.21. The third-order valence-electron chi connectivity index (χ3n) is 3.42. The van der Waals surface area contributed by atoms with E-state index >= 15 is 0 Å². The summed E-state index contributed by atoms with van der Waals surface area (Å²) in [6.07, 6.45) is 6.32. The van der Waals surface area contributed by atoms with Crippen LogP contribution in [0.25, 0.3) is 0 Å². The van der Waals surface area contributed by atoms with Crippen LogP contribution in [0.5, 0.6) is 17.5 Å². The van der Waals surface area contributed by atoms with Crippen molar-refractivity contribution in [1.82, 2.24) is 10.2 Å². The molecule has 1 aliphatic rings. The lowest BCUT2D eigenvalue weighted by Crippen LogP contribution is -2.20. The van der Waals surface area contributed by atoms with E-state index in [1.54, 1.807) is 6.07 Å². The molecule has 1 heterocycles. The van der Waals surface area contributed by atoms with Gasteiger partial charge in [-0.25, -0.2) is 0 Å². The first kappa shape index (κ1) is 12.9. The highest BCUT2D eigenvalue weighted by Gasteiger charge is 2.15. The zero-order chi connectivity index (χ0) is 13.6. The van der Waals surface area contributed by atoms with Crippen LogP contribution in [0.4, 0.5) is 0 Å². The monoisotopic (exact) mass is 270 g/mol. The molecular weight excluding hydrogens is 252 g/mol. The SMILES string of the molecule is c1ccc(Oc2ccc(OC3CCCCC3)nn2)cc1. The molecule has 0 spiro atoms. The molecule has 4 heteroatoms. The van der Waals surface area contributed by atoms with Gasteiger partial charge in [-0.05, 0) is 37.8 Å². The van der Waals surface area contributed by atoms with Gasteiger partial charge in [0.15, 0.2) is 0 Å². The lowest BCUT2D eigenvalue weighted by atomic mass is 9.98. The first-order chi connectivity index (χ1) is 9.90. The van der Waals surface area contributed by atoms with E-state index in [1.807, 2.05) is 36.4 Å². The highest BCUT2D eigenvalue weighted by molar-refractivity contribution is 5.26. The van der Waals surface area contributed by atoms with Crippen molar-refractivity contribution in [3.8, 4) is 17.5 Å². The molecule has 0 N–H and O–H groups in total. The fraction of sp³-hybridized carbons (Fsp3) is 0.375. The number of hydrogen-bond donors (Lipinski definition) is 0. The number of rotatable bonds is 4. The van der Waals surface area contributed by atoms with E-state index in [4.69, 9.17) is 9.47 Å². The molecule has 0 atom stereocenters. The Balaban J connectivity index is 1.59. The number of aromatic nitrogens is 2. The number of nitrogens with zero attached hydrogens (tertiary/aromatic N) is 2. The van der Waals surface area contributed by atoms with Gasteiger partial charge in [0.1, 0.15) is 11.9 Å². The van der Waals surface area contributed by atoms with E-state index < -0.39 is 0 Å². The van der Waals surface area contributed by atoms with Gasteiger partial charge in [0.05, 0.1) is 0 Å². The van der Waals surface area contributed by atoms with Gasteiger partial charge in [-0.15, -0.1) is 10.2 Å². The van der Waals surface area contributed by atoms with Crippen LogP contribution >= 0.6 is 0 Å². The first-order valence-corrected chi connectivity index (χ1v) is 7.13. The smallest absolute Gasteiger partial charge is 0.239 e. The quantitative estimate of drug-likeness (QED) is 0.843. The van der Waals surface area contributed by atoms with Gasteiger partial charge < -0.3 is 9.47 Å². The maximum Gasteiger partial charge on any atom is 0.239 e. The largest absolute Gasteiger partial charge is 0.473 e. The Hall–Kier alpha value is -2.10. The summed E-state index contributed by atoms with van der Waals surface area (Å²) in [6, 6.07) is 13.2. The van der Waals surface area contributed by atoms with Crippen molar-refractivity contribution in [3.63, 3.8) is 0 Å². The molecule has 0 amide bonds.